The van der Waals surface area contributed by atoms with Crippen molar-refractivity contribution in [2.45, 2.75) is 13.3 Å². The Morgan fingerprint density at radius 2 is 1.76 bits per heavy atom. The van der Waals surface area contributed by atoms with Gasteiger partial charge in [0.2, 0.25) is 0 Å². The first kappa shape index (κ1) is 10.5. The van der Waals surface area contributed by atoms with E-state index in [0.29, 0.717) is 0 Å². The van der Waals surface area contributed by atoms with Crippen LogP contribution >= 0.6 is 12.2 Å². The third-order valence-corrected chi connectivity index (χ3v) is 3.51. The van der Waals surface area contributed by atoms with Crippen molar-refractivity contribution in [2.75, 3.05) is 0 Å². The highest BCUT2D eigenvalue weighted by Gasteiger charge is 2.06. The fourth-order valence-corrected chi connectivity index (χ4v) is 2.49. The minimum absolute atomic E-state index is 0.867. The molecule has 0 aliphatic rings. The summed E-state index contributed by atoms with van der Waals surface area (Å²) >= 11 is 5.54. The van der Waals surface area contributed by atoms with E-state index in [2.05, 4.69) is 13.0 Å². The van der Waals surface area contributed by atoms with E-state index in [1.165, 1.54) is 5.56 Å². The highest BCUT2D eigenvalue weighted by Crippen LogP contribution is 2.27. The monoisotopic (exact) mass is 240 g/mol. The van der Waals surface area contributed by atoms with Crippen LogP contribution in [0.25, 0.3) is 21.9 Å². The van der Waals surface area contributed by atoms with Crippen LogP contribution in [0.5, 0.6) is 0 Å². The molecule has 17 heavy (non-hydrogen) atoms. The van der Waals surface area contributed by atoms with Gasteiger partial charge in [-0.3, -0.25) is 0 Å². The summed E-state index contributed by atoms with van der Waals surface area (Å²) in [7, 11) is 0. The first-order valence-electron chi connectivity index (χ1n) is 5.74. The Balaban J connectivity index is 2.59. The molecular weight excluding hydrogens is 228 g/mol. The molecule has 0 amide bonds. The van der Waals surface area contributed by atoms with E-state index in [9.17, 15) is 0 Å². The van der Waals surface area contributed by atoms with Crippen LogP contribution < -0.4 is 0 Å². The van der Waals surface area contributed by atoms with Gasteiger partial charge in [-0.15, -0.1) is 0 Å². The van der Waals surface area contributed by atoms with Crippen molar-refractivity contribution in [3.05, 3.63) is 52.5 Å². The summed E-state index contributed by atoms with van der Waals surface area (Å²) in [6, 6.07) is 14.1. The Labute approximate surface area is 105 Å². The molecule has 0 N–H and O–H groups in total. The van der Waals surface area contributed by atoms with Crippen LogP contribution in [0.15, 0.2) is 46.9 Å². The highest BCUT2D eigenvalue weighted by molar-refractivity contribution is 7.72. The summed E-state index contributed by atoms with van der Waals surface area (Å²) in [5.74, 6) is 0. The van der Waals surface area contributed by atoms with E-state index >= 15 is 0 Å². The Bertz CT molecular complexity index is 756. The first-order chi connectivity index (χ1) is 8.31. The van der Waals surface area contributed by atoms with E-state index < -0.39 is 0 Å². The molecule has 0 unspecified atom stereocenters. The SMILES string of the molecule is CCc1cccc2c(=S)c3ccccc3oc12. The topological polar surface area (TPSA) is 13.1 Å². The van der Waals surface area contributed by atoms with Crippen molar-refractivity contribution < 1.29 is 4.42 Å². The second kappa shape index (κ2) is 3.97. The predicted octanol–water partition coefficient (Wildman–Crippen LogP) is 4.88. The number of hydrogen-bond donors (Lipinski definition) is 0. The van der Waals surface area contributed by atoms with Crippen LogP contribution in [0.2, 0.25) is 0 Å². The maximum Gasteiger partial charge on any atom is 0.139 e. The summed E-state index contributed by atoms with van der Waals surface area (Å²) in [4.78, 5) is 0. The van der Waals surface area contributed by atoms with Crippen molar-refractivity contribution in [3.8, 4) is 0 Å². The van der Waals surface area contributed by atoms with E-state index in [-0.39, 0.29) is 0 Å². The van der Waals surface area contributed by atoms with Gasteiger partial charge in [-0.05, 0) is 30.2 Å². The largest absolute Gasteiger partial charge is 0.456 e. The molecule has 0 saturated carbocycles. The number of para-hydroxylation sites is 2. The molecule has 0 atom stereocenters. The second-order valence-electron chi connectivity index (χ2n) is 4.07. The second-order valence-corrected chi connectivity index (χ2v) is 4.48. The summed E-state index contributed by atoms with van der Waals surface area (Å²) in [5, 5.41) is 2.06. The lowest BCUT2D eigenvalue weighted by Gasteiger charge is -2.06. The molecule has 0 bridgehead atoms. The van der Waals surface area contributed by atoms with Gasteiger partial charge < -0.3 is 4.42 Å². The molecule has 0 fully saturated rings. The van der Waals surface area contributed by atoms with Gasteiger partial charge in [-0.25, -0.2) is 0 Å². The average Bonchev–Trinajstić information content (AvgIpc) is 2.38. The lowest BCUT2D eigenvalue weighted by atomic mass is 10.1. The van der Waals surface area contributed by atoms with E-state index in [1.807, 2.05) is 36.4 Å². The molecule has 1 nitrogen and oxygen atoms in total. The summed E-state index contributed by atoms with van der Waals surface area (Å²) in [6.45, 7) is 2.13. The lowest BCUT2D eigenvalue weighted by molar-refractivity contribution is 0.655. The highest BCUT2D eigenvalue weighted by atomic mass is 32.1. The Morgan fingerprint density at radius 1 is 1.00 bits per heavy atom. The van der Waals surface area contributed by atoms with Crippen LogP contribution in [-0.2, 0) is 6.42 Å². The van der Waals surface area contributed by atoms with E-state index in [4.69, 9.17) is 16.6 Å². The minimum Gasteiger partial charge on any atom is -0.456 e. The predicted molar refractivity (Wildman–Crippen MR) is 73.9 cm³/mol. The molecule has 2 heteroatoms. The van der Waals surface area contributed by atoms with Crippen LogP contribution in [0, 0.1) is 4.51 Å². The molecule has 1 heterocycles. The number of hydrogen-bond acceptors (Lipinski definition) is 2. The zero-order valence-corrected chi connectivity index (χ0v) is 10.4. The quantitative estimate of drug-likeness (QED) is 0.444. The Kier molecular flexibility index (Phi) is 2.45. The van der Waals surface area contributed by atoms with Crippen LogP contribution in [-0.4, -0.2) is 0 Å². The van der Waals surface area contributed by atoms with Crippen LogP contribution in [0.4, 0.5) is 0 Å². The average molecular weight is 240 g/mol. The van der Waals surface area contributed by atoms with Gasteiger partial charge in [0.25, 0.3) is 0 Å². The minimum atomic E-state index is 0.867. The smallest absolute Gasteiger partial charge is 0.139 e. The molecule has 0 saturated heterocycles. The maximum absolute atomic E-state index is 5.98. The van der Waals surface area contributed by atoms with Gasteiger partial charge in [0, 0.05) is 10.8 Å². The molecule has 3 aromatic rings. The summed E-state index contributed by atoms with van der Waals surface area (Å²) in [5.41, 5.74) is 3.00. The molecule has 2 aromatic carbocycles. The fourth-order valence-electron chi connectivity index (χ4n) is 2.16. The summed E-state index contributed by atoms with van der Waals surface area (Å²) < 4.78 is 6.87. The molecule has 0 spiro atoms. The number of benzene rings is 2. The zero-order chi connectivity index (χ0) is 11.8. The molecule has 0 radical (unpaired) electrons. The van der Waals surface area contributed by atoms with Crippen molar-refractivity contribution in [1.29, 1.82) is 0 Å². The standard InChI is InChI=1S/C15H12OS/c1-2-10-6-5-8-12-14(10)16-13-9-4-3-7-11(13)15(12)17/h3-9H,2H2,1H3. The van der Waals surface area contributed by atoms with Crippen LogP contribution in [0.3, 0.4) is 0 Å². The molecule has 1 aromatic heterocycles. The Hall–Kier alpha value is -1.67. The molecule has 0 aliphatic heterocycles. The van der Waals surface area contributed by atoms with E-state index in [1.54, 1.807) is 0 Å². The van der Waals surface area contributed by atoms with Gasteiger partial charge in [0.15, 0.2) is 0 Å². The molecule has 0 aliphatic carbocycles. The van der Waals surface area contributed by atoms with Gasteiger partial charge in [-0.2, -0.15) is 0 Å². The first-order valence-corrected chi connectivity index (χ1v) is 6.15. The lowest BCUT2D eigenvalue weighted by Crippen LogP contribution is -1.85. The van der Waals surface area contributed by atoms with Gasteiger partial charge in [0.05, 0.1) is 4.51 Å². The maximum atomic E-state index is 5.98. The Morgan fingerprint density at radius 3 is 2.59 bits per heavy atom. The van der Waals surface area contributed by atoms with Gasteiger partial charge in [0.1, 0.15) is 11.2 Å². The summed E-state index contributed by atoms with van der Waals surface area (Å²) in [6.07, 6.45) is 0.952. The van der Waals surface area contributed by atoms with Crippen molar-refractivity contribution in [3.63, 3.8) is 0 Å². The number of rotatable bonds is 1. The number of fused-ring (bicyclic) bond motifs is 2. The van der Waals surface area contributed by atoms with Crippen LogP contribution in [0.1, 0.15) is 12.5 Å². The number of aryl methyl sites for hydroxylation is 1. The zero-order valence-electron chi connectivity index (χ0n) is 9.57. The third-order valence-electron chi connectivity index (χ3n) is 3.07. The fraction of sp³-hybridized carbons (Fsp3) is 0.133. The van der Waals surface area contributed by atoms with Crippen molar-refractivity contribution >= 4 is 34.2 Å². The third kappa shape index (κ3) is 1.56. The molecule has 84 valence electrons. The van der Waals surface area contributed by atoms with Gasteiger partial charge >= 0.3 is 0 Å². The van der Waals surface area contributed by atoms with Crippen molar-refractivity contribution in [1.82, 2.24) is 0 Å². The molecular formula is C15H12OS. The van der Waals surface area contributed by atoms with Crippen molar-refractivity contribution in [2.24, 2.45) is 0 Å². The normalized spacial score (nSPS) is 11.1. The van der Waals surface area contributed by atoms with E-state index in [0.717, 1.165) is 32.9 Å². The molecule has 3 rings (SSSR count). The van der Waals surface area contributed by atoms with Gasteiger partial charge in [-0.1, -0.05) is 43.4 Å².